The minimum atomic E-state index is 0.208. The summed E-state index contributed by atoms with van der Waals surface area (Å²) in [5.74, 6) is 0. The third-order valence-electron chi connectivity index (χ3n) is 5.10. The molecule has 0 bridgehead atoms. The maximum absolute atomic E-state index is 6.50. The second-order valence-electron chi connectivity index (χ2n) is 6.74. The van der Waals surface area contributed by atoms with Crippen LogP contribution >= 0.6 is 0 Å². The van der Waals surface area contributed by atoms with Gasteiger partial charge in [0, 0.05) is 18.1 Å². The van der Waals surface area contributed by atoms with Crippen LogP contribution in [0.1, 0.15) is 69.0 Å². The first-order chi connectivity index (χ1) is 10.1. The van der Waals surface area contributed by atoms with Crippen LogP contribution in [0.15, 0.2) is 24.3 Å². The van der Waals surface area contributed by atoms with Crippen LogP contribution in [0, 0.1) is 6.92 Å². The topological polar surface area (TPSA) is 29.3 Å². The van der Waals surface area contributed by atoms with Crippen molar-refractivity contribution in [1.82, 2.24) is 4.90 Å². The second-order valence-corrected chi connectivity index (χ2v) is 6.74. The average molecular weight is 288 g/mol. The van der Waals surface area contributed by atoms with Gasteiger partial charge in [0.05, 0.1) is 0 Å². The lowest BCUT2D eigenvalue weighted by molar-refractivity contribution is 0.135. The van der Waals surface area contributed by atoms with Crippen LogP contribution in [-0.2, 0) is 0 Å². The van der Waals surface area contributed by atoms with E-state index in [9.17, 15) is 0 Å². The molecule has 2 rings (SSSR count). The zero-order valence-corrected chi connectivity index (χ0v) is 14.0. The molecule has 2 atom stereocenters. The Morgan fingerprint density at radius 1 is 1.19 bits per heavy atom. The van der Waals surface area contributed by atoms with Gasteiger partial charge in [-0.2, -0.15) is 0 Å². The van der Waals surface area contributed by atoms with Crippen molar-refractivity contribution in [1.29, 1.82) is 0 Å². The van der Waals surface area contributed by atoms with Gasteiger partial charge in [0.2, 0.25) is 0 Å². The predicted molar refractivity (Wildman–Crippen MR) is 91.4 cm³/mol. The summed E-state index contributed by atoms with van der Waals surface area (Å²) in [7, 11) is 2.29. The number of benzene rings is 1. The van der Waals surface area contributed by atoms with Crippen molar-refractivity contribution in [2.24, 2.45) is 5.73 Å². The molecule has 1 aromatic rings. The fourth-order valence-corrected chi connectivity index (χ4v) is 3.75. The minimum absolute atomic E-state index is 0.208. The molecule has 2 N–H and O–H groups in total. The minimum Gasteiger partial charge on any atom is -0.326 e. The highest BCUT2D eigenvalue weighted by molar-refractivity contribution is 5.26. The van der Waals surface area contributed by atoms with E-state index in [2.05, 4.69) is 50.1 Å². The number of aryl methyl sites for hydroxylation is 1. The first-order valence-electron chi connectivity index (χ1n) is 8.67. The number of nitrogens with two attached hydrogens (primary N) is 1. The van der Waals surface area contributed by atoms with Crippen LogP contribution in [-0.4, -0.2) is 24.0 Å². The number of hydrogen-bond donors (Lipinski definition) is 1. The summed E-state index contributed by atoms with van der Waals surface area (Å²) >= 11 is 0. The fourth-order valence-electron chi connectivity index (χ4n) is 3.75. The largest absolute Gasteiger partial charge is 0.326 e. The van der Waals surface area contributed by atoms with Crippen molar-refractivity contribution >= 4 is 0 Å². The van der Waals surface area contributed by atoms with E-state index < -0.39 is 0 Å². The van der Waals surface area contributed by atoms with E-state index in [1.54, 1.807) is 0 Å². The highest BCUT2D eigenvalue weighted by Gasteiger charge is 2.28. The zero-order chi connectivity index (χ0) is 15.2. The number of rotatable bonds is 5. The third-order valence-corrected chi connectivity index (χ3v) is 5.10. The molecule has 0 aliphatic heterocycles. The van der Waals surface area contributed by atoms with Crippen molar-refractivity contribution in [2.75, 3.05) is 7.05 Å². The van der Waals surface area contributed by atoms with Gasteiger partial charge in [-0.15, -0.1) is 0 Å². The molecule has 1 aliphatic carbocycles. The van der Waals surface area contributed by atoms with Gasteiger partial charge >= 0.3 is 0 Å². The van der Waals surface area contributed by atoms with Crippen molar-refractivity contribution < 1.29 is 0 Å². The Balaban J connectivity index is 2.22. The molecule has 1 saturated carbocycles. The van der Waals surface area contributed by atoms with Crippen molar-refractivity contribution in [2.45, 2.75) is 76.9 Å². The maximum Gasteiger partial charge on any atom is 0.0499 e. The van der Waals surface area contributed by atoms with Crippen LogP contribution in [0.2, 0.25) is 0 Å². The Morgan fingerprint density at radius 3 is 2.43 bits per heavy atom. The van der Waals surface area contributed by atoms with Gasteiger partial charge in [0.1, 0.15) is 0 Å². The smallest absolute Gasteiger partial charge is 0.0499 e. The van der Waals surface area contributed by atoms with Crippen LogP contribution in [0.4, 0.5) is 0 Å². The van der Waals surface area contributed by atoms with E-state index in [1.165, 1.54) is 49.7 Å². The summed E-state index contributed by atoms with van der Waals surface area (Å²) in [4.78, 5) is 2.58. The third kappa shape index (κ3) is 4.31. The van der Waals surface area contributed by atoms with Crippen molar-refractivity contribution in [3.05, 3.63) is 35.4 Å². The standard InChI is InChI=1S/C19H32N2/c1-4-18(20)19(16-11-9-10-15(2)14-16)21(3)17-12-7-5-6-8-13-17/h9-11,14,17-19H,4-8,12-13,20H2,1-3H3. The first-order valence-corrected chi connectivity index (χ1v) is 8.67. The Kier molecular flexibility index (Phi) is 6.25. The summed E-state index contributed by atoms with van der Waals surface area (Å²) < 4.78 is 0. The lowest BCUT2D eigenvalue weighted by Gasteiger charge is -2.38. The van der Waals surface area contributed by atoms with Crippen molar-refractivity contribution in [3.8, 4) is 0 Å². The Morgan fingerprint density at radius 2 is 1.86 bits per heavy atom. The highest BCUT2D eigenvalue weighted by atomic mass is 15.2. The second kappa shape index (κ2) is 7.95. The fraction of sp³-hybridized carbons (Fsp3) is 0.684. The molecule has 2 nitrogen and oxygen atoms in total. The molecule has 1 aliphatic rings. The molecule has 0 saturated heterocycles. The summed E-state index contributed by atoms with van der Waals surface area (Å²) in [5, 5.41) is 0. The number of hydrogen-bond acceptors (Lipinski definition) is 2. The van der Waals surface area contributed by atoms with Gasteiger partial charge in [0.15, 0.2) is 0 Å². The van der Waals surface area contributed by atoms with E-state index in [-0.39, 0.29) is 6.04 Å². The predicted octanol–water partition coefficient (Wildman–Crippen LogP) is 4.43. The molecule has 0 spiro atoms. The normalized spacial score (nSPS) is 20.2. The van der Waals surface area contributed by atoms with Crippen LogP contribution in [0.3, 0.4) is 0 Å². The summed E-state index contributed by atoms with van der Waals surface area (Å²) in [6.45, 7) is 4.37. The van der Waals surface area contributed by atoms with Crippen LogP contribution < -0.4 is 5.73 Å². The molecular formula is C19H32N2. The molecule has 0 amide bonds. The monoisotopic (exact) mass is 288 g/mol. The number of likely N-dealkylation sites (N-methyl/N-ethyl adjacent to an activating group) is 1. The quantitative estimate of drug-likeness (QED) is 0.812. The van der Waals surface area contributed by atoms with Gasteiger partial charge in [-0.1, -0.05) is 62.4 Å². The summed E-state index contributed by atoms with van der Waals surface area (Å²) in [5.41, 5.74) is 9.22. The number of nitrogens with zero attached hydrogens (tertiary/aromatic N) is 1. The lowest BCUT2D eigenvalue weighted by atomic mass is 9.93. The maximum atomic E-state index is 6.50. The van der Waals surface area contributed by atoms with Gasteiger partial charge in [0.25, 0.3) is 0 Å². The molecule has 1 fully saturated rings. The summed E-state index contributed by atoms with van der Waals surface area (Å²) in [6, 6.07) is 10.1. The zero-order valence-electron chi connectivity index (χ0n) is 14.0. The molecule has 1 aromatic carbocycles. The molecule has 21 heavy (non-hydrogen) atoms. The van der Waals surface area contributed by atoms with Crippen molar-refractivity contribution in [3.63, 3.8) is 0 Å². The van der Waals surface area contributed by atoms with Gasteiger partial charge in [-0.05, 0) is 38.8 Å². The SMILES string of the molecule is CCC(N)C(c1cccc(C)c1)N(C)C1CCCCCC1. The summed E-state index contributed by atoms with van der Waals surface area (Å²) in [6.07, 6.45) is 9.23. The molecule has 0 radical (unpaired) electrons. The molecule has 2 unspecified atom stereocenters. The highest BCUT2D eigenvalue weighted by Crippen LogP contribution is 2.31. The van der Waals surface area contributed by atoms with E-state index in [0.29, 0.717) is 12.1 Å². The van der Waals surface area contributed by atoms with E-state index in [4.69, 9.17) is 5.73 Å². The van der Waals surface area contributed by atoms with Gasteiger partial charge in [-0.3, -0.25) is 4.90 Å². The molecular weight excluding hydrogens is 256 g/mol. The Hall–Kier alpha value is -0.860. The van der Waals surface area contributed by atoms with Crippen LogP contribution in [0.25, 0.3) is 0 Å². The van der Waals surface area contributed by atoms with E-state index in [0.717, 1.165) is 6.42 Å². The van der Waals surface area contributed by atoms with Gasteiger partial charge in [-0.25, -0.2) is 0 Å². The van der Waals surface area contributed by atoms with E-state index in [1.807, 2.05) is 0 Å². The van der Waals surface area contributed by atoms with E-state index >= 15 is 0 Å². The Bertz CT molecular complexity index is 421. The average Bonchev–Trinajstić information content (AvgIpc) is 2.76. The molecule has 2 heteroatoms. The first kappa shape index (κ1) is 16.5. The molecule has 118 valence electrons. The van der Waals surface area contributed by atoms with Crippen LogP contribution in [0.5, 0.6) is 0 Å². The Labute approximate surface area is 130 Å². The van der Waals surface area contributed by atoms with Gasteiger partial charge < -0.3 is 5.73 Å². The lowest BCUT2D eigenvalue weighted by Crippen LogP contribution is -2.43. The molecule has 0 heterocycles. The molecule has 0 aromatic heterocycles.